The zero-order chi connectivity index (χ0) is 14.7. The predicted molar refractivity (Wildman–Crippen MR) is 84.6 cm³/mol. The Morgan fingerprint density at radius 3 is 2.86 bits per heavy atom. The summed E-state index contributed by atoms with van der Waals surface area (Å²) in [4.78, 5) is 16.1. The number of hydrogen-bond donors (Lipinski definition) is 1. The molecule has 3 rings (SSSR count). The number of amides is 1. The SMILES string of the molecule is NC(=O)OCc1nc(Sc2ccc3ccccc3c2)cs1. The number of carbonyl (C=O) groups is 1. The van der Waals surface area contributed by atoms with E-state index in [0.717, 1.165) is 14.9 Å². The third-order valence-corrected chi connectivity index (χ3v) is 4.69. The number of nitrogens with two attached hydrogens (primary N) is 1. The van der Waals surface area contributed by atoms with E-state index in [0.29, 0.717) is 0 Å². The van der Waals surface area contributed by atoms with Crippen molar-refractivity contribution in [2.45, 2.75) is 16.5 Å². The number of rotatable bonds is 4. The van der Waals surface area contributed by atoms with Gasteiger partial charge in [-0.3, -0.25) is 0 Å². The third-order valence-electron chi connectivity index (χ3n) is 2.81. The Hall–Kier alpha value is -2.05. The van der Waals surface area contributed by atoms with E-state index < -0.39 is 6.09 Å². The molecule has 0 radical (unpaired) electrons. The second-order valence-electron chi connectivity index (χ2n) is 4.30. The zero-order valence-electron chi connectivity index (χ0n) is 11.0. The van der Waals surface area contributed by atoms with Crippen molar-refractivity contribution in [3.8, 4) is 0 Å². The Bertz CT molecular complexity index is 786. The minimum Gasteiger partial charge on any atom is -0.442 e. The van der Waals surface area contributed by atoms with Crippen LogP contribution in [0.4, 0.5) is 4.79 Å². The van der Waals surface area contributed by atoms with Gasteiger partial charge in [0.05, 0.1) is 0 Å². The second-order valence-corrected chi connectivity index (χ2v) is 6.33. The molecule has 6 heteroatoms. The molecule has 0 saturated carbocycles. The molecule has 0 aliphatic rings. The average molecular weight is 316 g/mol. The summed E-state index contributed by atoms with van der Waals surface area (Å²) in [6.45, 7) is 0.123. The number of carbonyl (C=O) groups excluding carboxylic acids is 1. The molecular weight excluding hydrogens is 304 g/mol. The van der Waals surface area contributed by atoms with Crippen LogP contribution in [0.5, 0.6) is 0 Å². The van der Waals surface area contributed by atoms with Crippen LogP contribution in [0, 0.1) is 0 Å². The molecule has 0 saturated heterocycles. The highest BCUT2D eigenvalue weighted by Crippen LogP contribution is 2.31. The lowest BCUT2D eigenvalue weighted by molar-refractivity contribution is 0.150. The summed E-state index contributed by atoms with van der Waals surface area (Å²) in [5, 5.41) is 5.99. The van der Waals surface area contributed by atoms with Crippen molar-refractivity contribution in [2.24, 2.45) is 5.73 Å². The maximum Gasteiger partial charge on any atom is 0.404 e. The summed E-state index contributed by atoms with van der Waals surface area (Å²) >= 11 is 3.03. The van der Waals surface area contributed by atoms with Crippen LogP contribution < -0.4 is 5.73 Å². The first kappa shape index (κ1) is 13.9. The molecule has 1 aromatic heterocycles. The van der Waals surface area contributed by atoms with Gasteiger partial charge in [0.25, 0.3) is 0 Å². The minimum absolute atomic E-state index is 0.123. The molecule has 106 valence electrons. The minimum atomic E-state index is -0.783. The number of hydrogen-bond acceptors (Lipinski definition) is 5. The van der Waals surface area contributed by atoms with Gasteiger partial charge in [-0.05, 0) is 22.9 Å². The number of benzene rings is 2. The Kier molecular flexibility index (Phi) is 4.08. The first-order valence-electron chi connectivity index (χ1n) is 6.24. The molecule has 0 atom stereocenters. The maximum atomic E-state index is 10.6. The Labute approximate surface area is 129 Å². The highest BCUT2D eigenvalue weighted by Gasteiger charge is 2.06. The van der Waals surface area contributed by atoms with Crippen molar-refractivity contribution in [3.05, 3.63) is 52.9 Å². The first-order valence-corrected chi connectivity index (χ1v) is 7.93. The molecule has 0 aliphatic carbocycles. The number of ether oxygens (including phenoxy) is 1. The summed E-state index contributed by atoms with van der Waals surface area (Å²) in [5.74, 6) is 0. The quantitative estimate of drug-likeness (QED) is 0.789. The topological polar surface area (TPSA) is 65.2 Å². The van der Waals surface area contributed by atoms with Crippen LogP contribution in [0.2, 0.25) is 0 Å². The number of primary amides is 1. The van der Waals surface area contributed by atoms with Crippen LogP contribution in [0.1, 0.15) is 5.01 Å². The molecule has 2 N–H and O–H groups in total. The van der Waals surface area contributed by atoms with Crippen LogP contribution >= 0.6 is 23.1 Å². The van der Waals surface area contributed by atoms with E-state index in [-0.39, 0.29) is 6.61 Å². The second kappa shape index (κ2) is 6.15. The summed E-state index contributed by atoms with van der Waals surface area (Å²) in [7, 11) is 0. The van der Waals surface area contributed by atoms with Gasteiger partial charge in [-0.2, -0.15) is 0 Å². The van der Waals surface area contributed by atoms with Crippen LogP contribution in [0.3, 0.4) is 0 Å². The van der Waals surface area contributed by atoms with E-state index in [1.807, 2.05) is 17.5 Å². The number of nitrogens with zero attached hydrogens (tertiary/aromatic N) is 1. The molecule has 1 amide bonds. The lowest BCUT2D eigenvalue weighted by Gasteiger charge is -2.01. The molecule has 0 fully saturated rings. The Balaban J connectivity index is 1.74. The Morgan fingerprint density at radius 1 is 1.24 bits per heavy atom. The van der Waals surface area contributed by atoms with E-state index in [1.54, 1.807) is 11.8 Å². The molecule has 21 heavy (non-hydrogen) atoms. The third kappa shape index (κ3) is 3.53. The van der Waals surface area contributed by atoms with E-state index in [1.165, 1.54) is 22.1 Å². The number of aromatic nitrogens is 1. The highest BCUT2D eigenvalue weighted by atomic mass is 32.2. The molecular formula is C15H12N2O2S2. The van der Waals surface area contributed by atoms with Gasteiger partial charge in [0.15, 0.2) is 0 Å². The average Bonchev–Trinajstić information content (AvgIpc) is 2.92. The summed E-state index contributed by atoms with van der Waals surface area (Å²) in [6, 6.07) is 14.5. The van der Waals surface area contributed by atoms with Gasteiger partial charge in [0, 0.05) is 10.3 Å². The monoisotopic (exact) mass is 316 g/mol. The largest absolute Gasteiger partial charge is 0.442 e. The molecule has 0 aliphatic heterocycles. The van der Waals surface area contributed by atoms with E-state index >= 15 is 0 Å². The van der Waals surface area contributed by atoms with Crippen molar-refractivity contribution < 1.29 is 9.53 Å². The van der Waals surface area contributed by atoms with Crippen LogP contribution in [-0.4, -0.2) is 11.1 Å². The van der Waals surface area contributed by atoms with Gasteiger partial charge in [0.1, 0.15) is 16.6 Å². The number of thiazole rings is 1. The van der Waals surface area contributed by atoms with E-state index in [9.17, 15) is 4.79 Å². The number of fused-ring (bicyclic) bond motifs is 1. The summed E-state index contributed by atoms with van der Waals surface area (Å²) < 4.78 is 4.73. The molecule has 0 unspecified atom stereocenters. The van der Waals surface area contributed by atoms with Crippen LogP contribution in [0.25, 0.3) is 10.8 Å². The highest BCUT2D eigenvalue weighted by molar-refractivity contribution is 7.99. The van der Waals surface area contributed by atoms with Crippen LogP contribution in [0.15, 0.2) is 57.8 Å². The summed E-state index contributed by atoms with van der Waals surface area (Å²) in [6.07, 6.45) is -0.783. The fourth-order valence-corrected chi connectivity index (χ4v) is 3.57. The molecule has 1 heterocycles. The molecule has 2 aromatic carbocycles. The molecule has 0 spiro atoms. The van der Waals surface area contributed by atoms with Crippen molar-refractivity contribution in [1.29, 1.82) is 0 Å². The fourth-order valence-electron chi connectivity index (χ4n) is 1.89. The van der Waals surface area contributed by atoms with Gasteiger partial charge in [0.2, 0.25) is 0 Å². The smallest absolute Gasteiger partial charge is 0.404 e. The fraction of sp³-hybridized carbons (Fsp3) is 0.0667. The standard InChI is InChI=1S/C15H12N2O2S2/c16-15(18)19-8-13-17-14(9-20-13)21-12-6-5-10-3-1-2-4-11(10)7-12/h1-7,9H,8H2,(H2,16,18). The van der Waals surface area contributed by atoms with Gasteiger partial charge in [-0.1, -0.05) is 42.1 Å². The zero-order valence-corrected chi connectivity index (χ0v) is 12.6. The molecule has 3 aromatic rings. The Morgan fingerprint density at radius 2 is 2.05 bits per heavy atom. The van der Waals surface area contributed by atoms with E-state index in [2.05, 4.69) is 35.3 Å². The van der Waals surface area contributed by atoms with Crippen LogP contribution in [-0.2, 0) is 11.3 Å². The van der Waals surface area contributed by atoms with Gasteiger partial charge in [-0.25, -0.2) is 9.78 Å². The summed E-state index contributed by atoms with van der Waals surface area (Å²) in [5.41, 5.74) is 4.93. The van der Waals surface area contributed by atoms with Gasteiger partial charge < -0.3 is 10.5 Å². The van der Waals surface area contributed by atoms with Crippen molar-refractivity contribution in [3.63, 3.8) is 0 Å². The van der Waals surface area contributed by atoms with Crippen molar-refractivity contribution in [2.75, 3.05) is 0 Å². The predicted octanol–water partition coefficient (Wildman–Crippen LogP) is 4.04. The lowest BCUT2D eigenvalue weighted by Crippen LogP contribution is -2.12. The van der Waals surface area contributed by atoms with Gasteiger partial charge >= 0.3 is 6.09 Å². The van der Waals surface area contributed by atoms with Crippen molar-refractivity contribution >= 4 is 40.0 Å². The van der Waals surface area contributed by atoms with Crippen molar-refractivity contribution in [1.82, 2.24) is 4.98 Å². The molecule has 0 bridgehead atoms. The lowest BCUT2D eigenvalue weighted by atomic mass is 10.1. The van der Waals surface area contributed by atoms with Gasteiger partial charge in [-0.15, -0.1) is 11.3 Å². The first-order chi connectivity index (χ1) is 10.2. The molecule has 4 nitrogen and oxygen atoms in total. The normalized spacial score (nSPS) is 10.7. The van der Waals surface area contributed by atoms with E-state index in [4.69, 9.17) is 10.5 Å². The maximum absolute atomic E-state index is 10.6.